The molecule has 27 heavy (non-hydrogen) atoms. The molecule has 3 amide bonds. The average Bonchev–Trinajstić information content (AvgIpc) is 2.68. The number of amides is 3. The van der Waals surface area contributed by atoms with Crippen molar-refractivity contribution in [1.29, 1.82) is 0 Å². The fourth-order valence-corrected chi connectivity index (χ4v) is 3.35. The molecule has 1 aromatic carbocycles. The number of methoxy groups -OCH3 is 1. The van der Waals surface area contributed by atoms with Crippen LogP contribution in [-0.2, 0) is 4.74 Å². The predicted octanol–water partition coefficient (Wildman–Crippen LogP) is 3.95. The van der Waals surface area contributed by atoms with Gasteiger partial charge in [-0.2, -0.15) is 0 Å². The zero-order valence-corrected chi connectivity index (χ0v) is 16.7. The molecule has 1 atom stereocenters. The maximum Gasteiger partial charge on any atom is 0.409 e. The maximum absolute atomic E-state index is 13.0. The standard InChI is InChI=1S/C20H31N3O4/c1-5-15(3)23(17-10-12-22(13-11-17)20(25)27-6-2)19(24)21-16-8-7-9-18(14-16)26-4/h7-9,14-15,17H,5-6,10-13H2,1-4H3,(H,21,24)/t15-/m1/s1. The van der Waals surface area contributed by atoms with Crippen molar-refractivity contribution in [2.75, 3.05) is 32.1 Å². The fourth-order valence-electron chi connectivity index (χ4n) is 3.35. The highest BCUT2D eigenvalue weighted by molar-refractivity contribution is 5.90. The molecule has 0 spiro atoms. The average molecular weight is 377 g/mol. The number of anilines is 1. The van der Waals surface area contributed by atoms with Gasteiger partial charge in [0.1, 0.15) is 5.75 Å². The molecule has 1 N–H and O–H groups in total. The Kier molecular flexibility index (Phi) is 7.76. The molecule has 1 aromatic rings. The number of carbonyl (C=O) groups excluding carboxylic acids is 2. The minimum Gasteiger partial charge on any atom is -0.497 e. The number of ether oxygens (including phenoxy) is 2. The van der Waals surface area contributed by atoms with Crippen LogP contribution in [0.25, 0.3) is 0 Å². The van der Waals surface area contributed by atoms with E-state index in [1.807, 2.05) is 23.1 Å². The quantitative estimate of drug-likeness (QED) is 0.815. The molecule has 0 aromatic heterocycles. The third-order valence-corrected chi connectivity index (χ3v) is 5.01. The highest BCUT2D eigenvalue weighted by Crippen LogP contribution is 2.23. The highest BCUT2D eigenvalue weighted by Gasteiger charge is 2.32. The van der Waals surface area contributed by atoms with Gasteiger partial charge in [-0.05, 0) is 45.2 Å². The first-order valence-electron chi connectivity index (χ1n) is 9.65. The van der Waals surface area contributed by atoms with E-state index in [2.05, 4.69) is 19.2 Å². The molecule has 0 unspecified atom stereocenters. The lowest BCUT2D eigenvalue weighted by Crippen LogP contribution is -2.53. The zero-order chi connectivity index (χ0) is 19.8. The molecule has 1 heterocycles. The second-order valence-electron chi connectivity index (χ2n) is 6.74. The SMILES string of the molecule is CCOC(=O)N1CCC(N(C(=O)Nc2cccc(OC)c2)[C@H](C)CC)CC1. The summed E-state index contributed by atoms with van der Waals surface area (Å²) in [5.74, 6) is 0.700. The van der Waals surface area contributed by atoms with Crippen LogP contribution in [-0.4, -0.2) is 60.8 Å². The van der Waals surface area contributed by atoms with E-state index in [-0.39, 0.29) is 24.2 Å². The van der Waals surface area contributed by atoms with Crippen molar-refractivity contribution in [3.8, 4) is 5.75 Å². The third kappa shape index (κ3) is 5.52. The molecule has 0 bridgehead atoms. The van der Waals surface area contributed by atoms with E-state index >= 15 is 0 Å². The molecular formula is C20H31N3O4. The van der Waals surface area contributed by atoms with Gasteiger partial charge in [-0.1, -0.05) is 13.0 Å². The Hall–Kier alpha value is -2.44. The first-order valence-corrected chi connectivity index (χ1v) is 9.65. The summed E-state index contributed by atoms with van der Waals surface area (Å²) in [6.07, 6.45) is 2.08. The van der Waals surface area contributed by atoms with Crippen LogP contribution in [0, 0.1) is 0 Å². The Balaban J connectivity index is 2.04. The molecule has 0 aliphatic carbocycles. The summed E-state index contributed by atoms with van der Waals surface area (Å²) in [5.41, 5.74) is 0.705. The number of benzene rings is 1. The fraction of sp³-hybridized carbons (Fsp3) is 0.600. The number of likely N-dealkylation sites (tertiary alicyclic amines) is 1. The number of rotatable bonds is 6. The Labute approximate surface area is 161 Å². The Morgan fingerprint density at radius 3 is 2.59 bits per heavy atom. The second kappa shape index (κ2) is 10.0. The number of nitrogens with one attached hydrogen (secondary N) is 1. The van der Waals surface area contributed by atoms with E-state index in [1.165, 1.54) is 0 Å². The molecule has 0 radical (unpaired) electrons. The van der Waals surface area contributed by atoms with Gasteiger partial charge in [0.05, 0.1) is 13.7 Å². The van der Waals surface area contributed by atoms with Crippen LogP contribution in [0.4, 0.5) is 15.3 Å². The summed E-state index contributed by atoms with van der Waals surface area (Å²) in [4.78, 5) is 28.5. The van der Waals surface area contributed by atoms with Crippen molar-refractivity contribution in [2.24, 2.45) is 0 Å². The summed E-state index contributed by atoms with van der Waals surface area (Å²) in [6.45, 7) is 7.51. The molecule has 0 saturated carbocycles. The lowest BCUT2D eigenvalue weighted by molar-refractivity contribution is 0.0757. The van der Waals surface area contributed by atoms with E-state index in [9.17, 15) is 9.59 Å². The summed E-state index contributed by atoms with van der Waals surface area (Å²) in [7, 11) is 1.60. The minimum absolute atomic E-state index is 0.0937. The predicted molar refractivity (Wildman–Crippen MR) is 105 cm³/mol. The van der Waals surface area contributed by atoms with Gasteiger partial charge in [-0.15, -0.1) is 0 Å². The number of nitrogens with zero attached hydrogens (tertiary/aromatic N) is 2. The van der Waals surface area contributed by atoms with Gasteiger partial charge in [-0.25, -0.2) is 9.59 Å². The molecular weight excluding hydrogens is 346 g/mol. The maximum atomic E-state index is 13.0. The smallest absolute Gasteiger partial charge is 0.409 e. The van der Waals surface area contributed by atoms with Crippen LogP contribution in [0.3, 0.4) is 0 Å². The van der Waals surface area contributed by atoms with Gasteiger partial charge in [-0.3, -0.25) is 0 Å². The minimum atomic E-state index is -0.271. The van der Waals surface area contributed by atoms with Gasteiger partial charge >= 0.3 is 12.1 Å². The molecule has 7 heteroatoms. The van der Waals surface area contributed by atoms with Gasteiger partial charge in [0.15, 0.2) is 0 Å². The van der Waals surface area contributed by atoms with E-state index in [4.69, 9.17) is 9.47 Å². The number of hydrogen-bond acceptors (Lipinski definition) is 4. The second-order valence-corrected chi connectivity index (χ2v) is 6.74. The van der Waals surface area contributed by atoms with Gasteiger partial charge < -0.3 is 24.6 Å². The van der Waals surface area contributed by atoms with Gasteiger partial charge in [0, 0.05) is 36.9 Å². The number of carbonyl (C=O) groups is 2. The van der Waals surface area contributed by atoms with Crippen LogP contribution < -0.4 is 10.1 Å². The van der Waals surface area contributed by atoms with E-state index in [0.29, 0.717) is 31.1 Å². The van der Waals surface area contributed by atoms with Crippen molar-refractivity contribution in [3.63, 3.8) is 0 Å². The number of hydrogen-bond donors (Lipinski definition) is 1. The topological polar surface area (TPSA) is 71.1 Å². The van der Waals surface area contributed by atoms with E-state index in [0.717, 1.165) is 19.3 Å². The van der Waals surface area contributed by atoms with E-state index in [1.54, 1.807) is 25.0 Å². The van der Waals surface area contributed by atoms with Crippen LogP contribution in [0.15, 0.2) is 24.3 Å². The summed E-state index contributed by atoms with van der Waals surface area (Å²) in [6, 6.07) is 7.42. The zero-order valence-electron chi connectivity index (χ0n) is 16.7. The number of piperidine rings is 1. The summed E-state index contributed by atoms with van der Waals surface area (Å²) >= 11 is 0. The largest absolute Gasteiger partial charge is 0.497 e. The van der Waals surface area contributed by atoms with Gasteiger partial charge in [0.25, 0.3) is 0 Å². The first-order chi connectivity index (χ1) is 13.0. The molecule has 1 saturated heterocycles. The first kappa shape index (κ1) is 20.9. The van der Waals surface area contributed by atoms with Crippen molar-refractivity contribution < 1.29 is 19.1 Å². The lowest BCUT2D eigenvalue weighted by Gasteiger charge is -2.41. The molecule has 7 nitrogen and oxygen atoms in total. The van der Waals surface area contributed by atoms with E-state index < -0.39 is 0 Å². The lowest BCUT2D eigenvalue weighted by atomic mass is 10.0. The monoisotopic (exact) mass is 377 g/mol. The number of urea groups is 1. The Morgan fingerprint density at radius 2 is 2.00 bits per heavy atom. The normalized spacial score (nSPS) is 15.8. The molecule has 1 aliphatic rings. The molecule has 150 valence electrons. The van der Waals surface area contributed by atoms with Crippen molar-refractivity contribution in [2.45, 2.75) is 52.1 Å². The molecule has 1 fully saturated rings. The third-order valence-electron chi connectivity index (χ3n) is 5.01. The van der Waals surface area contributed by atoms with Crippen molar-refractivity contribution >= 4 is 17.8 Å². The molecule has 1 aliphatic heterocycles. The van der Waals surface area contributed by atoms with Crippen LogP contribution in [0.1, 0.15) is 40.0 Å². The van der Waals surface area contributed by atoms with Crippen molar-refractivity contribution in [1.82, 2.24) is 9.80 Å². The van der Waals surface area contributed by atoms with Crippen molar-refractivity contribution in [3.05, 3.63) is 24.3 Å². The summed E-state index contributed by atoms with van der Waals surface area (Å²) < 4.78 is 10.3. The summed E-state index contributed by atoms with van der Waals surface area (Å²) in [5, 5.41) is 2.99. The van der Waals surface area contributed by atoms with Crippen LogP contribution >= 0.6 is 0 Å². The highest BCUT2D eigenvalue weighted by atomic mass is 16.6. The molecule has 2 rings (SSSR count). The Bertz CT molecular complexity index is 629. The Morgan fingerprint density at radius 1 is 1.30 bits per heavy atom. The van der Waals surface area contributed by atoms with Gasteiger partial charge in [0.2, 0.25) is 0 Å². The van der Waals surface area contributed by atoms with Crippen LogP contribution in [0.5, 0.6) is 5.75 Å². The van der Waals surface area contributed by atoms with Crippen LogP contribution in [0.2, 0.25) is 0 Å².